The van der Waals surface area contributed by atoms with E-state index in [1.54, 1.807) is 6.26 Å². The zero-order valence-corrected chi connectivity index (χ0v) is 19.4. The van der Waals surface area contributed by atoms with Crippen LogP contribution in [0.2, 0.25) is 0 Å². The minimum absolute atomic E-state index is 0.0466. The number of esters is 1. The third kappa shape index (κ3) is 6.11. The SMILES string of the molecule is CS[C@@H]1O[C@@H](COC(C)=O)[C@H](CC(=O)O)[C@H](n2cc(-c3cc(F)c(F)c(F)c3)nn2)[C@H]1CC(=O)O. The van der Waals surface area contributed by atoms with E-state index in [9.17, 15) is 37.8 Å². The van der Waals surface area contributed by atoms with Crippen molar-refractivity contribution in [2.24, 2.45) is 11.8 Å². The second kappa shape index (κ2) is 11.1. The molecule has 0 radical (unpaired) electrons. The predicted molar refractivity (Wildman–Crippen MR) is 115 cm³/mol. The van der Waals surface area contributed by atoms with Crippen LogP contribution in [0, 0.1) is 29.3 Å². The number of hydrogen-bond acceptors (Lipinski definition) is 8. The highest BCUT2D eigenvalue weighted by molar-refractivity contribution is 7.99. The Labute approximate surface area is 201 Å². The van der Waals surface area contributed by atoms with Crippen LogP contribution in [0.25, 0.3) is 11.3 Å². The van der Waals surface area contributed by atoms with Crippen LogP contribution < -0.4 is 0 Å². The number of thioether (sulfide) groups is 1. The Balaban J connectivity index is 2.08. The van der Waals surface area contributed by atoms with Gasteiger partial charge >= 0.3 is 17.9 Å². The van der Waals surface area contributed by atoms with E-state index in [4.69, 9.17) is 9.47 Å². The number of carbonyl (C=O) groups excluding carboxylic acids is 1. The standard InChI is InChI=1S/C21H22F3N3O7S/c1-9(28)33-8-16-11(5-17(29)30)20(12(6-18(31)32)21(34-16)35-2)27-7-15(25-26-27)10-3-13(22)19(24)14(23)4-10/h3-4,7,11-12,16,20-21H,5-6,8H2,1-2H3,(H,29,30)(H,31,32)/t11-,12+,16-,20-,21-/m0/s1. The maximum Gasteiger partial charge on any atom is 0.303 e. The van der Waals surface area contributed by atoms with Crippen molar-refractivity contribution in [3.63, 3.8) is 0 Å². The van der Waals surface area contributed by atoms with Gasteiger partial charge in [0.25, 0.3) is 0 Å². The third-order valence-electron chi connectivity index (χ3n) is 5.61. The lowest BCUT2D eigenvalue weighted by atomic mass is 9.79. The second-order valence-electron chi connectivity index (χ2n) is 7.93. The van der Waals surface area contributed by atoms with Crippen molar-refractivity contribution < 1.29 is 47.2 Å². The summed E-state index contributed by atoms with van der Waals surface area (Å²) in [5.41, 5.74) is -0.910. The average molecular weight is 517 g/mol. The molecule has 0 bridgehead atoms. The highest BCUT2D eigenvalue weighted by Crippen LogP contribution is 2.45. The molecule has 1 aliphatic rings. The maximum absolute atomic E-state index is 13.7. The summed E-state index contributed by atoms with van der Waals surface area (Å²) in [6.45, 7) is 0.896. The first-order valence-electron chi connectivity index (χ1n) is 10.3. The molecule has 1 fully saturated rings. The Hall–Kier alpha value is -3.13. The molecule has 1 aliphatic heterocycles. The number of nitrogens with zero attached hydrogens (tertiary/aromatic N) is 3. The lowest BCUT2D eigenvalue weighted by Gasteiger charge is -2.45. The first kappa shape index (κ1) is 26.5. The van der Waals surface area contributed by atoms with Gasteiger partial charge in [0.1, 0.15) is 17.7 Å². The first-order valence-corrected chi connectivity index (χ1v) is 11.6. The van der Waals surface area contributed by atoms with Gasteiger partial charge in [-0.1, -0.05) is 5.21 Å². The van der Waals surface area contributed by atoms with Gasteiger partial charge in [-0.25, -0.2) is 17.9 Å². The van der Waals surface area contributed by atoms with Crippen LogP contribution in [-0.2, 0) is 23.9 Å². The van der Waals surface area contributed by atoms with Crippen molar-refractivity contribution in [3.05, 3.63) is 35.8 Å². The molecule has 190 valence electrons. The van der Waals surface area contributed by atoms with Crippen molar-refractivity contribution in [2.75, 3.05) is 12.9 Å². The molecule has 1 saturated heterocycles. The molecule has 35 heavy (non-hydrogen) atoms. The Morgan fingerprint density at radius 1 is 1.11 bits per heavy atom. The fourth-order valence-corrected chi connectivity index (χ4v) is 5.05. The maximum atomic E-state index is 13.7. The largest absolute Gasteiger partial charge is 0.481 e. The number of hydrogen-bond donors (Lipinski definition) is 2. The molecule has 5 atom stereocenters. The van der Waals surface area contributed by atoms with Gasteiger partial charge in [0.2, 0.25) is 0 Å². The summed E-state index contributed by atoms with van der Waals surface area (Å²) in [6.07, 6.45) is 1.13. The second-order valence-corrected chi connectivity index (χ2v) is 8.87. The number of carboxylic acid groups (broad SMARTS) is 2. The molecular formula is C21H22F3N3O7S. The lowest BCUT2D eigenvalue weighted by Crippen LogP contribution is -2.50. The van der Waals surface area contributed by atoms with E-state index in [0.29, 0.717) is 0 Å². The van der Waals surface area contributed by atoms with Gasteiger partial charge in [-0.15, -0.1) is 16.9 Å². The minimum Gasteiger partial charge on any atom is -0.481 e. The van der Waals surface area contributed by atoms with E-state index < -0.39 is 77.6 Å². The Kier molecular flexibility index (Phi) is 8.38. The first-order chi connectivity index (χ1) is 16.5. The van der Waals surface area contributed by atoms with Crippen LogP contribution in [0.5, 0.6) is 0 Å². The fraction of sp³-hybridized carbons (Fsp3) is 0.476. The van der Waals surface area contributed by atoms with Crippen LogP contribution in [0.3, 0.4) is 0 Å². The monoisotopic (exact) mass is 517 g/mol. The molecule has 0 spiro atoms. The van der Waals surface area contributed by atoms with Gasteiger partial charge in [0, 0.05) is 24.3 Å². The number of halogens is 3. The summed E-state index contributed by atoms with van der Waals surface area (Å²) >= 11 is 1.19. The molecule has 2 aromatic rings. The van der Waals surface area contributed by atoms with Crippen LogP contribution in [-0.4, -0.2) is 67.5 Å². The molecule has 2 heterocycles. The molecule has 1 aromatic carbocycles. The summed E-state index contributed by atoms with van der Waals surface area (Å²) in [5, 5.41) is 26.9. The van der Waals surface area contributed by atoms with E-state index >= 15 is 0 Å². The molecule has 14 heteroatoms. The number of benzene rings is 1. The summed E-state index contributed by atoms with van der Waals surface area (Å²) in [4.78, 5) is 34.7. The van der Waals surface area contributed by atoms with Crippen LogP contribution in [0.1, 0.15) is 25.8 Å². The summed E-state index contributed by atoms with van der Waals surface area (Å²) in [6, 6.07) is 0.549. The van der Waals surface area contributed by atoms with Crippen molar-refractivity contribution in [2.45, 2.75) is 37.3 Å². The number of aromatic nitrogens is 3. The molecule has 1 aromatic heterocycles. The van der Waals surface area contributed by atoms with Crippen molar-refractivity contribution in [1.82, 2.24) is 15.0 Å². The van der Waals surface area contributed by atoms with Gasteiger partial charge in [0.05, 0.1) is 31.2 Å². The smallest absolute Gasteiger partial charge is 0.303 e. The molecule has 2 N–H and O–H groups in total. The van der Waals surface area contributed by atoms with Gasteiger partial charge in [0.15, 0.2) is 17.5 Å². The Morgan fingerprint density at radius 2 is 1.71 bits per heavy atom. The zero-order valence-electron chi connectivity index (χ0n) is 18.6. The molecule has 0 saturated carbocycles. The normalized spacial score (nSPS) is 24.2. The molecule has 0 amide bonds. The topological polar surface area (TPSA) is 141 Å². The van der Waals surface area contributed by atoms with Crippen LogP contribution >= 0.6 is 11.8 Å². The summed E-state index contributed by atoms with van der Waals surface area (Å²) in [5.74, 6) is -9.21. The van der Waals surface area contributed by atoms with Crippen LogP contribution in [0.4, 0.5) is 13.2 Å². The van der Waals surface area contributed by atoms with E-state index in [0.717, 1.165) is 12.1 Å². The number of carboxylic acids is 2. The van der Waals surface area contributed by atoms with Gasteiger partial charge in [-0.2, -0.15) is 0 Å². The van der Waals surface area contributed by atoms with Gasteiger partial charge in [-0.3, -0.25) is 14.4 Å². The summed E-state index contributed by atoms with van der Waals surface area (Å²) in [7, 11) is 0. The zero-order chi connectivity index (χ0) is 25.9. The predicted octanol–water partition coefficient (Wildman–Crippen LogP) is 2.74. The van der Waals surface area contributed by atoms with Crippen molar-refractivity contribution in [3.8, 4) is 11.3 Å². The molecule has 0 unspecified atom stereocenters. The third-order valence-corrected chi connectivity index (χ3v) is 6.54. The fourth-order valence-electron chi connectivity index (χ4n) is 4.19. The van der Waals surface area contributed by atoms with Crippen LogP contribution in [0.15, 0.2) is 18.3 Å². The van der Waals surface area contributed by atoms with E-state index in [-0.39, 0.29) is 17.9 Å². The van der Waals surface area contributed by atoms with E-state index in [2.05, 4.69) is 10.3 Å². The lowest BCUT2D eigenvalue weighted by molar-refractivity contribution is -0.166. The minimum atomic E-state index is -1.65. The number of aliphatic carboxylic acids is 2. The number of carbonyl (C=O) groups is 3. The molecular weight excluding hydrogens is 495 g/mol. The quantitative estimate of drug-likeness (QED) is 0.377. The highest BCUT2D eigenvalue weighted by Gasteiger charge is 2.49. The highest BCUT2D eigenvalue weighted by atomic mass is 32.2. The van der Waals surface area contributed by atoms with Gasteiger partial charge < -0.3 is 19.7 Å². The molecule has 10 nitrogen and oxygen atoms in total. The number of rotatable bonds is 9. The Morgan fingerprint density at radius 3 is 2.26 bits per heavy atom. The Bertz CT molecular complexity index is 1090. The average Bonchev–Trinajstić information content (AvgIpc) is 3.25. The molecule has 3 rings (SSSR count). The van der Waals surface area contributed by atoms with Crippen molar-refractivity contribution in [1.29, 1.82) is 0 Å². The van der Waals surface area contributed by atoms with E-state index in [1.165, 1.54) is 29.6 Å². The summed E-state index contributed by atoms with van der Waals surface area (Å²) < 4.78 is 53.1. The molecule has 0 aliphatic carbocycles. The van der Waals surface area contributed by atoms with E-state index in [1.807, 2.05) is 0 Å². The van der Waals surface area contributed by atoms with Crippen molar-refractivity contribution >= 4 is 29.7 Å². The van der Waals surface area contributed by atoms with Gasteiger partial charge in [-0.05, 0) is 18.4 Å². The number of ether oxygens (including phenoxy) is 2.